The summed E-state index contributed by atoms with van der Waals surface area (Å²) in [5.41, 5.74) is -0.374. The average Bonchev–Trinajstić information content (AvgIpc) is 3.22. The quantitative estimate of drug-likeness (QED) is 0.751. The highest BCUT2D eigenvalue weighted by Crippen LogP contribution is 2.35. The van der Waals surface area contributed by atoms with Crippen LogP contribution in [-0.4, -0.2) is 42.0 Å². The fraction of sp³-hybridized carbons (Fsp3) is 0.400. The SMILES string of the molecule is O=C(Cc1ccccc1F)N1CC2CN(c3ccc(C(F)(F)F)cn3)CC2C1. The second kappa shape index (κ2) is 7.07. The summed E-state index contributed by atoms with van der Waals surface area (Å²) in [6, 6.07) is 8.69. The van der Waals surface area contributed by atoms with Crippen LogP contribution in [0, 0.1) is 17.7 Å². The molecule has 0 saturated carbocycles. The molecular weight excluding hydrogens is 374 g/mol. The van der Waals surface area contributed by atoms with Crippen LogP contribution in [0.3, 0.4) is 0 Å². The molecule has 2 aliphatic rings. The summed E-state index contributed by atoms with van der Waals surface area (Å²) in [6.07, 6.45) is -3.50. The monoisotopic (exact) mass is 393 g/mol. The Balaban J connectivity index is 1.36. The van der Waals surface area contributed by atoms with Gasteiger partial charge in [0.2, 0.25) is 5.91 Å². The number of hydrogen-bond donors (Lipinski definition) is 0. The Bertz CT molecular complexity index is 854. The highest BCUT2D eigenvalue weighted by atomic mass is 19.4. The molecule has 1 aromatic heterocycles. The van der Waals surface area contributed by atoms with Crippen LogP contribution < -0.4 is 4.90 Å². The third-order valence-electron chi connectivity index (χ3n) is 5.54. The molecule has 2 aliphatic heterocycles. The van der Waals surface area contributed by atoms with Gasteiger partial charge in [0.25, 0.3) is 0 Å². The topological polar surface area (TPSA) is 36.4 Å². The summed E-state index contributed by atoms with van der Waals surface area (Å²) >= 11 is 0. The summed E-state index contributed by atoms with van der Waals surface area (Å²) < 4.78 is 51.8. The third kappa shape index (κ3) is 3.68. The molecule has 0 radical (unpaired) electrons. The van der Waals surface area contributed by atoms with Gasteiger partial charge in [0.1, 0.15) is 11.6 Å². The van der Waals surface area contributed by atoms with Crippen LogP contribution in [0.4, 0.5) is 23.4 Å². The Labute approximate surface area is 159 Å². The predicted octanol–water partition coefficient (Wildman–Crippen LogP) is 3.38. The van der Waals surface area contributed by atoms with E-state index in [1.165, 1.54) is 12.1 Å². The number of pyridine rings is 1. The Hall–Kier alpha value is -2.64. The number of nitrogens with zero attached hydrogens (tertiary/aromatic N) is 3. The van der Waals surface area contributed by atoms with Gasteiger partial charge in [0.05, 0.1) is 12.0 Å². The van der Waals surface area contributed by atoms with Gasteiger partial charge in [-0.15, -0.1) is 0 Å². The maximum absolute atomic E-state index is 13.8. The molecule has 8 heteroatoms. The zero-order valence-electron chi connectivity index (χ0n) is 15.0. The maximum Gasteiger partial charge on any atom is 0.417 e. The first kappa shape index (κ1) is 18.7. The van der Waals surface area contributed by atoms with E-state index in [4.69, 9.17) is 0 Å². The molecule has 1 aromatic carbocycles. The molecule has 2 aromatic rings. The number of anilines is 1. The van der Waals surface area contributed by atoms with Crippen LogP contribution in [0.25, 0.3) is 0 Å². The van der Waals surface area contributed by atoms with Gasteiger partial charge in [0.15, 0.2) is 0 Å². The van der Waals surface area contributed by atoms with Gasteiger partial charge in [-0.25, -0.2) is 9.37 Å². The number of alkyl halides is 3. The Morgan fingerprint density at radius 3 is 2.29 bits per heavy atom. The minimum atomic E-state index is -4.40. The summed E-state index contributed by atoms with van der Waals surface area (Å²) in [6.45, 7) is 2.45. The van der Waals surface area contributed by atoms with Gasteiger partial charge in [-0.2, -0.15) is 13.2 Å². The van der Waals surface area contributed by atoms with Crippen LogP contribution in [-0.2, 0) is 17.4 Å². The number of likely N-dealkylation sites (tertiary alicyclic amines) is 1. The van der Waals surface area contributed by atoms with Crippen molar-refractivity contribution in [1.29, 1.82) is 0 Å². The summed E-state index contributed by atoms with van der Waals surface area (Å²) in [4.78, 5) is 20.2. The van der Waals surface area contributed by atoms with E-state index in [-0.39, 0.29) is 30.0 Å². The number of carbonyl (C=O) groups excluding carboxylic acids is 1. The van der Waals surface area contributed by atoms with Crippen molar-refractivity contribution < 1.29 is 22.4 Å². The maximum atomic E-state index is 13.8. The van der Waals surface area contributed by atoms with Crippen molar-refractivity contribution in [3.8, 4) is 0 Å². The van der Waals surface area contributed by atoms with Crippen LogP contribution >= 0.6 is 0 Å². The number of halogens is 4. The molecule has 0 aliphatic carbocycles. The third-order valence-corrected chi connectivity index (χ3v) is 5.54. The smallest absolute Gasteiger partial charge is 0.356 e. The van der Waals surface area contributed by atoms with E-state index in [9.17, 15) is 22.4 Å². The number of hydrogen-bond acceptors (Lipinski definition) is 3. The van der Waals surface area contributed by atoms with Crippen molar-refractivity contribution >= 4 is 11.7 Å². The zero-order chi connectivity index (χ0) is 19.9. The van der Waals surface area contributed by atoms with E-state index < -0.39 is 11.7 Å². The first-order valence-corrected chi connectivity index (χ1v) is 9.10. The fourth-order valence-corrected chi connectivity index (χ4v) is 4.04. The molecule has 0 bridgehead atoms. The van der Waals surface area contributed by atoms with Gasteiger partial charge < -0.3 is 9.80 Å². The van der Waals surface area contributed by atoms with Crippen LogP contribution in [0.2, 0.25) is 0 Å². The molecule has 2 saturated heterocycles. The molecule has 4 rings (SSSR count). The number of rotatable bonds is 3. The average molecular weight is 393 g/mol. The van der Waals surface area contributed by atoms with Crippen molar-refractivity contribution in [1.82, 2.24) is 9.88 Å². The van der Waals surface area contributed by atoms with E-state index in [0.29, 0.717) is 37.6 Å². The number of amides is 1. The second-order valence-corrected chi connectivity index (χ2v) is 7.39. The van der Waals surface area contributed by atoms with E-state index in [2.05, 4.69) is 4.98 Å². The number of benzene rings is 1. The normalized spacial score (nSPS) is 21.9. The predicted molar refractivity (Wildman–Crippen MR) is 95.1 cm³/mol. The first-order valence-electron chi connectivity index (χ1n) is 9.10. The second-order valence-electron chi connectivity index (χ2n) is 7.39. The number of aromatic nitrogens is 1. The molecular formula is C20H19F4N3O. The van der Waals surface area contributed by atoms with E-state index >= 15 is 0 Å². The van der Waals surface area contributed by atoms with Gasteiger partial charge in [0, 0.05) is 44.2 Å². The number of fused-ring (bicyclic) bond motifs is 1. The van der Waals surface area contributed by atoms with Crippen LogP contribution in [0.5, 0.6) is 0 Å². The molecule has 148 valence electrons. The Morgan fingerprint density at radius 2 is 1.71 bits per heavy atom. The van der Waals surface area contributed by atoms with Gasteiger partial charge >= 0.3 is 6.18 Å². The van der Waals surface area contributed by atoms with Crippen LogP contribution in [0.1, 0.15) is 11.1 Å². The summed E-state index contributed by atoms with van der Waals surface area (Å²) in [7, 11) is 0. The molecule has 1 amide bonds. The Kier molecular flexibility index (Phi) is 4.72. The lowest BCUT2D eigenvalue weighted by molar-refractivity contribution is -0.137. The highest BCUT2D eigenvalue weighted by Gasteiger charge is 2.42. The lowest BCUT2D eigenvalue weighted by Crippen LogP contribution is -2.34. The minimum absolute atomic E-state index is 0.0380. The van der Waals surface area contributed by atoms with Crippen molar-refractivity contribution in [3.63, 3.8) is 0 Å². The lowest BCUT2D eigenvalue weighted by atomic mass is 10.0. The van der Waals surface area contributed by atoms with Gasteiger partial charge in [-0.3, -0.25) is 4.79 Å². The lowest BCUT2D eigenvalue weighted by Gasteiger charge is -2.23. The zero-order valence-corrected chi connectivity index (χ0v) is 15.0. The molecule has 3 heterocycles. The van der Waals surface area contributed by atoms with Crippen molar-refractivity contribution in [2.24, 2.45) is 11.8 Å². The molecule has 2 fully saturated rings. The molecule has 4 nitrogen and oxygen atoms in total. The van der Waals surface area contributed by atoms with Gasteiger partial charge in [-0.05, 0) is 23.8 Å². The molecule has 0 spiro atoms. The molecule has 2 unspecified atom stereocenters. The van der Waals surface area contributed by atoms with Crippen LogP contribution in [0.15, 0.2) is 42.6 Å². The summed E-state index contributed by atoms with van der Waals surface area (Å²) in [5.74, 6) is 0.530. The largest absolute Gasteiger partial charge is 0.417 e. The standard InChI is InChI=1S/C20H19F4N3O/c21-17-4-2-1-3-13(17)7-19(28)27-11-14-9-26(10-15(14)12-27)18-6-5-16(8-25-18)20(22,23)24/h1-6,8,14-15H,7,9-12H2. The van der Waals surface area contributed by atoms with Crippen molar-refractivity contribution in [2.45, 2.75) is 12.6 Å². The van der Waals surface area contributed by atoms with E-state index in [0.717, 1.165) is 12.3 Å². The molecule has 28 heavy (non-hydrogen) atoms. The number of carbonyl (C=O) groups is 1. The van der Waals surface area contributed by atoms with Crippen molar-refractivity contribution in [2.75, 3.05) is 31.1 Å². The Morgan fingerprint density at radius 1 is 1.04 bits per heavy atom. The fourth-order valence-electron chi connectivity index (χ4n) is 4.04. The van der Waals surface area contributed by atoms with Gasteiger partial charge in [-0.1, -0.05) is 18.2 Å². The first-order chi connectivity index (χ1) is 13.3. The summed E-state index contributed by atoms with van der Waals surface area (Å²) in [5, 5.41) is 0. The molecule has 0 N–H and O–H groups in total. The minimum Gasteiger partial charge on any atom is -0.356 e. The van der Waals surface area contributed by atoms with E-state index in [1.54, 1.807) is 23.1 Å². The highest BCUT2D eigenvalue weighted by molar-refractivity contribution is 5.79. The van der Waals surface area contributed by atoms with E-state index in [1.807, 2.05) is 4.90 Å². The molecule has 2 atom stereocenters. The van der Waals surface area contributed by atoms with Crippen molar-refractivity contribution in [3.05, 3.63) is 59.5 Å².